The number of nitrogens with zero attached hydrogens (tertiary/aromatic N) is 1. The highest BCUT2D eigenvalue weighted by Gasteiger charge is 2.18. The molecule has 0 aromatic heterocycles. The molecule has 0 aliphatic rings. The van der Waals surface area contributed by atoms with Crippen LogP contribution in [0.3, 0.4) is 0 Å². The first-order valence-electron chi connectivity index (χ1n) is 7.26. The minimum atomic E-state index is -0.762. The molecule has 0 radical (unpaired) electrons. The number of nitro groups is 1. The van der Waals surface area contributed by atoms with Crippen LogP contribution in [-0.4, -0.2) is 16.9 Å². The van der Waals surface area contributed by atoms with Crippen molar-refractivity contribution >= 4 is 28.9 Å². The third-order valence-corrected chi connectivity index (χ3v) is 3.89. The molecule has 0 fully saturated rings. The Hall–Kier alpha value is -2.60. The number of amides is 1. The summed E-state index contributed by atoms with van der Waals surface area (Å²) in [6.07, 6.45) is -0.762. The van der Waals surface area contributed by atoms with E-state index in [9.17, 15) is 14.9 Å². The van der Waals surface area contributed by atoms with Gasteiger partial charge in [-0.05, 0) is 56.2 Å². The van der Waals surface area contributed by atoms with Gasteiger partial charge in [0.1, 0.15) is 10.8 Å². The summed E-state index contributed by atoms with van der Waals surface area (Å²) in [4.78, 5) is 22.5. The van der Waals surface area contributed by atoms with Gasteiger partial charge < -0.3 is 10.1 Å². The van der Waals surface area contributed by atoms with Gasteiger partial charge in [0.2, 0.25) is 0 Å². The molecule has 1 amide bonds. The molecule has 0 spiro atoms. The quantitative estimate of drug-likeness (QED) is 0.646. The predicted molar refractivity (Wildman–Crippen MR) is 92.7 cm³/mol. The largest absolute Gasteiger partial charge is 0.481 e. The Morgan fingerprint density at radius 2 is 1.92 bits per heavy atom. The maximum absolute atomic E-state index is 12.2. The number of halogens is 1. The Labute approximate surface area is 144 Å². The first-order chi connectivity index (χ1) is 11.3. The molecule has 1 N–H and O–H groups in total. The van der Waals surface area contributed by atoms with Crippen molar-refractivity contribution in [2.45, 2.75) is 26.9 Å². The minimum absolute atomic E-state index is 0.0115. The number of carbonyl (C=O) groups is 1. The number of nitro benzene ring substituents is 1. The molecule has 0 aliphatic carbocycles. The van der Waals surface area contributed by atoms with Crippen LogP contribution in [0.25, 0.3) is 0 Å². The van der Waals surface area contributed by atoms with Gasteiger partial charge in [-0.3, -0.25) is 14.9 Å². The zero-order valence-electron chi connectivity index (χ0n) is 13.5. The summed E-state index contributed by atoms with van der Waals surface area (Å²) in [5.41, 5.74) is 2.21. The van der Waals surface area contributed by atoms with Crippen LogP contribution in [0, 0.1) is 24.0 Å². The average molecular weight is 349 g/mol. The third kappa shape index (κ3) is 4.23. The van der Waals surface area contributed by atoms with Gasteiger partial charge in [0.15, 0.2) is 6.10 Å². The fourth-order valence-electron chi connectivity index (χ4n) is 2.02. The van der Waals surface area contributed by atoms with Crippen molar-refractivity contribution in [2.24, 2.45) is 0 Å². The van der Waals surface area contributed by atoms with E-state index < -0.39 is 16.9 Å². The molecule has 1 unspecified atom stereocenters. The van der Waals surface area contributed by atoms with Crippen molar-refractivity contribution in [3.63, 3.8) is 0 Å². The Morgan fingerprint density at radius 1 is 1.21 bits per heavy atom. The van der Waals surface area contributed by atoms with E-state index in [1.165, 1.54) is 18.2 Å². The number of aryl methyl sites for hydroxylation is 2. The van der Waals surface area contributed by atoms with E-state index >= 15 is 0 Å². The van der Waals surface area contributed by atoms with E-state index in [4.69, 9.17) is 16.3 Å². The third-order valence-electron chi connectivity index (χ3n) is 3.57. The van der Waals surface area contributed by atoms with Crippen LogP contribution in [-0.2, 0) is 4.79 Å². The molecule has 6 nitrogen and oxygen atoms in total. The van der Waals surface area contributed by atoms with E-state index in [2.05, 4.69) is 5.32 Å². The van der Waals surface area contributed by atoms with E-state index in [0.717, 1.165) is 11.1 Å². The summed E-state index contributed by atoms with van der Waals surface area (Å²) in [5, 5.41) is 13.5. The molecule has 0 saturated heterocycles. The van der Waals surface area contributed by atoms with Crippen molar-refractivity contribution < 1.29 is 14.5 Å². The normalized spacial score (nSPS) is 11.7. The number of rotatable bonds is 5. The molecule has 24 heavy (non-hydrogen) atoms. The lowest BCUT2D eigenvalue weighted by molar-refractivity contribution is -0.384. The van der Waals surface area contributed by atoms with Crippen molar-refractivity contribution in [2.75, 3.05) is 5.32 Å². The molecule has 1 atom stereocenters. The SMILES string of the molecule is Cc1ccc(OC(C)C(=O)Nc2ccc(Cl)c([N+](=O)[O-])c2)cc1C. The Morgan fingerprint density at radius 3 is 2.54 bits per heavy atom. The summed E-state index contributed by atoms with van der Waals surface area (Å²) in [5.74, 6) is 0.174. The highest BCUT2D eigenvalue weighted by atomic mass is 35.5. The summed E-state index contributed by atoms with van der Waals surface area (Å²) in [6, 6.07) is 9.63. The van der Waals surface area contributed by atoms with Crippen LogP contribution in [0.15, 0.2) is 36.4 Å². The molecule has 0 aliphatic heterocycles. The fraction of sp³-hybridized carbons (Fsp3) is 0.235. The van der Waals surface area contributed by atoms with E-state index in [-0.39, 0.29) is 16.4 Å². The summed E-state index contributed by atoms with van der Waals surface area (Å²) < 4.78 is 5.61. The van der Waals surface area contributed by atoms with E-state index in [1.54, 1.807) is 13.0 Å². The lowest BCUT2D eigenvalue weighted by Crippen LogP contribution is -2.30. The second-order valence-electron chi connectivity index (χ2n) is 5.42. The maximum atomic E-state index is 12.2. The second-order valence-corrected chi connectivity index (χ2v) is 5.83. The van der Waals surface area contributed by atoms with Crippen molar-refractivity contribution in [3.8, 4) is 5.75 Å². The molecule has 2 aromatic rings. The predicted octanol–water partition coefficient (Wildman–Crippen LogP) is 4.27. The lowest BCUT2D eigenvalue weighted by atomic mass is 10.1. The van der Waals surface area contributed by atoms with E-state index in [1.807, 2.05) is 26.0 Å². The summed E-state index contributed by atoms with van der Waals surface area (Å²) >= 11 is 5.75. The Balaban J connectivity index is 2.07. The number of anilines is 1. The van der Waals surface area contributed by atoms with Gasteiger partial charge in [-0.25, -0.2) is 0 Å². The monoisotopic (exact) mass is 348 g/mol. The highest BCUT2D eigenvalue weighted by Crippen LogP contribution is 2.27. The van der Waals surface area contributed by atoms with Crippen LogP contribution in [0.5, 0.6) is 5.75 Å². The maximum Gasteiger partial charge on any atom is 0.289 e. The molecule has 0 bridgehead atoms. The number of ether oxygens (including phenoxy) is 1. The average Bonchev–Trinajstić information content (AvgIpc) is 2.52. The van der Waals surface area contributed by atoms with Crippen LogP contribution in [0.1, 0.15) is 18.1 Å². The van der Waals surface area contributed by atoms with Gasteiger partial charge in [-0.15, -0.1) is 0 Å². The second kappa shape index (κ2) is 7.31. The zero-order chi connectivity index (χ0) is 17.9. The molecule has 7 heteroatoms. The molecule has 126 valence electrons. The van der Waals surface area contributed by atoms with E-state index in [0.29, 0.717) is 5.75 Å². The van der Waals surface area contributed by atoms with Crippen LogP contribution >= 0.6 is 11.6 Å². The van der Waals surface area contributed by atoms with Gasteiger partial charge in [-0.1, -0.05) is 17.7 Å². The van der Waals surface area contributed by atoms with Crippen molar-refractivity contribution in [3.05, 3.63) is 62.7 Å². The Kier molecular flexibility index (Phi) is 5.41. The molecule has 2 aromatic carbocycles. The van der Waals surface area contributed by atoms with Crippen LogP contribution in [0.4, 0.5) is 11.4 Å². The number of nitrogens with one attached hydrogen (secondary N) is 1. The molecule has 0 heterocycles. The van der Waals surface area contributed by atoms with Gasteiger partial charge in [0.25, 0.3) is 11.6 Å². The molecule has 0 saturated carbocycles. The van der Waals surface area contributed by atoms with Crippen LogP contribution in [0.2, 0.25) is 5.02 Å². The number of carbonyl (C=O) groups excluding carboxylic acids is 1. The number of hydrogen-bond donors (Lipinski definition) is 1. The number of benzene rings is 2. The highest BCUT2D eigenvalue weighted by molar-refractivity contribution is 6.32. The fourth-order valence-corrected chi connectivity index (χ4v) is 2.21. The lowest BCUT2D eigenvalue weighted by Gasteiger charge is -2.15. The Bertz CT molecular complexity index is 792. The standard InChI is InChI=1S/C17H17ClN2O4/c1-10-4-6-14(8-11(10)2)24-12(3)17(21)19-13-5-7-15(18)16(9-13)20(22)23/h4-9,12H,1-3H3,(H,19,21). The van der Waals surface area contributed by atoms with Gasteiger partial charge in [0, 0.05) is 11.8 Å². The molecular formula is C17H17ClN2O4. The summed E-state index contributed by atoms with van der Waals surface area (Å²) in [7, 11) is 0. The molecular weight excluding hydrogens is 332 g/mol. The zero-order valence-corrected chi connectivity index (χ0v) is 14.3. The minimum Gasteiger partial charge on any atom is -0.481 e. The first-order valence-corrected chi connectivity index (χ1v) is 7.64. The van der Waals surface area contributed by atoms with Crippen LogP contribution < -0.4 is 10.1 Å². The van der Waals surface area contributed by atoms with Crippen molar-refractivity contribution in [1.82, 2.24) is 0 Å². The van der Waals surface area contributed by atoms with Gasteiger partial charge in [-0.2, -0.15) is 0 Å². The van der Waals surface area contributed by atoms with Gasteiger partial charge in [0.05, 0.1) is 4.92 Å². The topological polar surface area (TPSA) is 81.5 Å². The first kappa shape index (κ1) is 17.7. The smallest absolute Gasteiger partial charge is 0.289 e. The summed E-state index contributed by atoms with van der Waals surface area (Å²) in [6.45, 7) is 5.55. The van der Waals surface area contributed by atoms with Crippen molar-refractivity contribution in [1.29, 1.82) is 0 Å². The number of hydrogen-bond acceptors (Lipinski definition) is 4. The van der Waals surface area contributed by atoms with Gasteiger partial charge >= 0.3 is 0 Å². The molecule has 2 rings (SSSR count).